The first-order valence-corrected chi connectivity index (χ1v) is 10.5. The van der Waals surface area contributed by atoms with Crippen molar-refractivity contribution in [3.05, 3.63) is 42.0 Å². The van der Waals surface area contributed by atoms with Crippen LogP contribution in [0.2, 0.25) is 0 Å². The SMILES string of the molecule is C[C@@]12CCC(CCCC(=O)O)(O1)C1C(=O)N(c3ccc(C#N)c4ccccc34)C(=O)C12. The number of carbonyl (C=O) groups is 3. The summed E-state index contributed by atoms with van der Waals surface area (Å²) in [7, 11) is 0. The number of nitrogens with zero attached hydrogens (tertiary/aromatic N) is 2. The molecule has 2 aromatic carbocycles. The van der Waals surface area contributed by atoms with Crippen molar-refractivity contribution in [1.29, 1.82) is 5.26 Å². The standard InChI is InChI=1S/C24H22N2O5/c1-23-11-12-24(31-23,10-4-7-18(27)28)20-19(23)21(29)26(22(20)30)17-9-8-14(13-25)15-5-2-3-6-16(15)17/h2-3,5-6,8-9,19-20H,4,7,10-12H2,1H3,(H,27,28)/t19?,20?,23-,24?/m0/s1. The van der Waals surface area contributed by atoms with Crippen molar-refractivity contribution in [2.75, 3.05) is 4.90 Å². The molecule has 0 aromatic heterocycles. The number of rotatable bonds is 5. The lowest BCUT2D eigenvalue weighted by molar-refractivity contribution is -0.137. The zero-order valence-corrected chi connectivity index (χ0v) is 17.1. The third kappa shape index (κ3) is 2.64. The van der Waals surface area contributed by atoms with Gasteiger partial charge in [0.15, 0.2) is 0 Å². The van der Waals surface area contributed by atoms with E-state index in [4.69, 9.17) is 9.84 Å². The van der Waals surface area contributed by atoms with E-state index in [1.807, 2.05) is 31.2 Å². The zero-order chi connectivity index (χ0) is 22.0. The maximum Gasteiger partial charge on any atom is 0.303 e. The smallest absolute Gasteiger partial charge is 0.303 e. The minimum Gasteiger partial charge on any atom is -0.481 e. The number of hydrogen-bond acceptors (Lipinski definition) is 5. The first kappa shape index (κ1) is 19.7. The van der Waals surface area contributed by atoms with Gasteiger partial charge in [-0.15, -0.1) is 0 Å². The lowest BCUT2D eigenvalue weighted by atomic mass is 9.67. The maximum absolute atomic E-state index is 13.7. The second-order valence-corrected chi connectivity index (χ2v) is 8.98. The van der Waals surface area contributed by atoms with Gasteiger partial charge >= 0.3 is 5.97 Å². The lowest BCUT2D eigenvalue weighted by Crippen LogP contribution is -2.42. The van der Waals surface area contributed by atoms with Gasteiger partial charge < -0.3 is 9.84 Å². The molecule has 2 aromatic rings. The number of ether oxygens (including phenoxy) is 1. The minimum absolute atomic E-state index is 0.00528. The zero-order valence-electron chi connectivity index (χ0n) is 17.1. The molecule has 3 fully saturated rings. The molecular formula is C24H22N2O5. The van der Waals surface area contributed by atoms with Crippen molar-refractivity contribution in [2.45, 2.75) is 50.2 Å². The fourth-order valence-electron chi connectivity index (χ4n) is 5.96. The van der Waals surface area contributed by atoms with Crippen LogP contribution in [0.1, 0.15) is 44.6 Å². The fourth-order valence-corrected chi connectivity index (χ4v) is 5.96. The van der Waals surface area contributed by atoms with E-state index in [0.29, 0.717) is 47.7 Å². The van der Waals surface area contributed by atoms with Crippen molar-refractivity contribution < 1.29 is 24.2 Å². The van der Waals surface area contributed by atoms with Gasteiger partial charge in [-0.05, 0) is 44.7 Å². The van der Waals surface area contributed by atoms with Gasteiger partial charge in [-0.1, -0.05) is 24.3 Å². The van der Waals surface area contributed by atoms with E-state index < -0.39 is 29.0 Å². The molecule has 2 bridgehead atoms. The third-order valence-electron chi connectivity index (χ3n) is 7.26. The molecule has 2 amide bonds. The predicted molar refractivity (Wildman–Crippen MR) is 111 cm³/mol. The second kappa shape index (κ2) is 6.63. The van der Waals surface area contributed by atoms with Crippen LogP contribution in [0.15, 0.2) is 36.4 Å². The summed E-state index contributed by atoms with van der Waals surface area (Å²) in [6.07, 6.45) is 2.16. The second-order valence-electron chi connectivity index (χ2n) is 8.98. The van der Waals surface area contributed by atoms with Gasteiger partial charge in [0, 0.05) is 17.2 Å². The van der Waals surface area contributed by atoms with Gasteiger partial charge in [-0.2, -0.15) is 5.26 Å². The van der Waals surface area contributed by atoms with E-state index >= 15 is 0 Å². The highest BCUT2D eigenvalue weighted by molar-refractivity contribution is 6.26. The molecule has 7 nitrogen and oxygen atoms in total. The third-order valence-corrected chi connectivity index (χ3v) is 7.26. The highest BCUT2D eigenvalue weighted by Gasteiger charge is 2.73. The molecule has 7 heteroatoms. The number of fused-ring (bicyclic) bond motifs is 6. The van der Waals surface area contributed by atoms with E-state index in [1.54, 1.807) is 12.1 Å². The molecule has 31 heavy (non-hydrogen) atoms. The Bertz CT molecular complexity index is 1180. The van der Waals surface area contributed by atoms with Crippen molar-refractivity contribution in [1.82, 2.24) is 0 Å². The molecule has 0 aliphatic carbocycles. The van der Waals surface area contributed by atoms with Crippen molar-refractivity contribution in [3.63, 3.8) is 0 Å². The number of hydrogen-bond donors (Lipinski definition) is 1. The normalized spacial score (nSPS) is 31.3. The Balaban J connectivity index is 1.57. The highest BCUT2D eigenvalue weighted by Crippen LogP contribution is 2.62. The Morgan fingerprint density at radius 3 is 2.58 bits per heavy atom. The Hall–Kier alpha value is -3.24. The largest absolute Gasteiger partial charge is 0.481 e. The van der Waals surface area contributed by atoms with Crippen LogP contribution in [-0.4, -0.2) is 34.1 Å². The first-order valence-electron chi connectivity index (χ1n) is 10.5. The summed E-state index contributed by atoms with van der Waals surface area (Å²) in [5, 5.41) is 19.8. The van der Waals surface area contributed by atoms with Crippen LogP contribution in [0, 0.1) is 23.2 Å². The highest BCUT2D eigenvalue weighted by atomic mass is 16.5. The number of carbonyl (C=O) groups excluding carboxylic acids is 2. The number of nitriles is 1. The van der Waals surface area contributed by atoms with Gasteiger partial charge in [0.25, 0.3) is 0 Å². The van der Waals surface area contributed by atoms with Gasteiger partial charge in [-0.25, -0.2) is 4.90 Å². The minimum atomic E-state index is -0.883. The summed E-state index contributed by atoms with van der Waals surface area (Å²) in [4.78, 5) is 39.5. The number of aliphatic carboxylic acids is 1. The van der Waals surface area contributed by atoms with E-state index in [9.17, 15) is 19.6 Å². The van der Waals surface area contributed by atoms with Crippen LogP contribution < -0.4 is 4.90 Å². The molecule has 3 unspecified atom stereocenters. The molecule has 0 radical (unpaired) electrons. The van der Waals surface area contributed by atoms with Crippen LogP contribution in [0.25, 0.3) is 10.8 Å². The number of benzene rings is 2. The van der Waals surface area contributed by atoms with Crippen LogP contribution in [0.3, 0.4) is 0 Å². The number of carboxylic acid groups (broad SMARTS) is 1. The van der Waals surface area contributed by atoms with E-state index in [1.165, 1.54) is 4.90 Å². The molecule has 158 valence electrons. The maximum atomic E-state index is 13.7. The summed E-state index contributed by atoms with van der Waals surface area (Å²) in [5.41, 5.74) is -0.543. The molecule has 3 aliphatic rings. The monoisotopic (exact) mass is 418 g/mol. The summed E-state index contributed by atoms with van der Waals surface area (Å²) in [5.74, 6) is -2.63. The topological polar surface area (TPSA) is 108 Å². The molecule has 0 saturated carbocycles. The van der Waals surface area contributed by atoms with Gasteiger partial charge in [-0.3, -0.25) is 14.4 Å². The molecule has 3 saturated heterocycles. The summed E-state index contributed by atoms with van der Waals surface area (Å²) >= 11 is 0. The average molecular weight is 418 g/mol. The Morgan fingerprint density at radius 1 is 1.16 bits per heavy atom. The van der Waals surface area contributed by atoms with Crippen LogP contribution in [-0.2, 0) is 19.1 Å². The Morgan fingerprint density at radius 2 is 1.87 bits per heavy atom. The Kier molecular flexibility index (Phi) is 4.21. The van der Waals surface area contributed by atoms with Gasteiger partial charge in [0.05, 0.1) is 40.4 Å². The molecule has 5 rings (SSSR count). The first-order chi connectivity index (χ1) is 14.8. The van der Waals surface area contributed by atoms with Crippen molar-refractivity contribution in [3.8, 4) is 6.07 Å². The van der Waals surface area contributed by atoms with Crippen LogP contribution >= 0.6 is 0 Å². The number of carboxylic acids is 1. The van der Waals surface area contributed by atoms with E-state index in [-0.39, 0.29) is 18.2 Å². The predicted octanol–water partition coefficient (Wildman–Crippen LogP) is 3.39. The molecular weight excluding hydrogens is 396 g/mol. The summed E-state index contributed by atoms with van der Waals surface area (Å²) in [6, 6.07) is 12.7. The van der Waals surface area contributed by atoms with E-state index in [2.05, 4.69) is 6.07 Å². The van der Waals surface area contributed by atoms with Gasteiger partial charge in [0.2, 0.25) is 11.8 Å². The lowest BCUT2D eigenvalue weighted by Gasteiger charge is -2.31. The Labute approximate surface area is 179 Å². The van der Waals surface area contributed by atoms with Crippen molar-refractivity contribution in [2.24, 2.45) is 11.8 Å². The molecule has 1 N–H and O–H groups in total. The molecule has 3 heterocycles. The van der Waals surface area contributed by atoms with Crippen LogP contribution in [0.4, 0.5) is 5.69 Å². The van der Waals surface area contributed by atoms with Crippen molar-refractivity contribution >= 4 is 34.2 Å². The van der Waals surface area contributed by atoms with Gasteiger partial charge in [0.1, 0.15) is 0 Å². The number of amides is 2. The summed E-state index contributed by atoms with van der Waals surface area (Å²) in [6.45, 7) is 1.89. The average Bonchev–Trinajstić information content (AvgIpc) is 3.32. The van der Waals surface area contributed by atoms with Crippen LogP contribution in [0.5, 0.6) is 0 Å². The summed E-state index contributed by atoms with van der Waals surface area (Å²) < 4.78 is 6.34. The molecule has 4 atom stereocenters. The molecule has 3 aliphatic heterocycles. The quantitative estimate of drug-likeness (QED) is 0.746. The molecule has 0 spiro atoms. The number of anilines is 1. The number of imide groups is 1. The van der Waals surface area contributed by atoms with E-state index in [0.717, 1.165) is 0 Å². The fraction of sp³-hybridized carbons (Fsp3) is 0.417.